The molecule has 1 aromatic heterocycles. The average molecular weight is 388 g/mol. The number of β-amino-alcohol motifs (C(OH)–C–C–N with tert-alkyl or cyclic N) is 1. The lowest BCUT2D eigenvalue weighted by Gasteiger charge is -2.21. The van der Waals surface area contributed by atoms with Crippen molar-refractivity contribution in [3.63, 3.8) is 0 Å². The molecule has 1 saturated heterocycles. The Morgan fingerprint density at radius 3 is 2.81 bits per heavy atom. The van der Waals surface area contributed by atoms with E-state index in [2.05, 4.69) is 27.2 Å². The fraction of sp³-hybridized carbons (Fsp3) is 0.300. The Hall–Kier alpha value is -2.28. The Morgan fingerprint density at radius 2 is 2.04 bits per heavy atom. The van der Waals surface area contributed by atoms with Crippen molar-refractivity contribution in [2.75, 3.05) is 6.54 Å². The summed E-state index contributed by atoms with van der Waals surface area (Å²) >= 11 is 6.08. The number of hydrogen-bond donors (Lipinski definition) is 1. The quantitative estimate of drug-likeness (QED) is 0.722. The largest absolute Gasteiger partial charge is 0.392 e. The van der Waals surface area contributed by atoms with Crippen molar-refractivity contribution in [3.05, 3.63) is 82.2 Å². The molecule has 27 heavy (non-hydrogen) atoms. The molecule has 2 unspecified atom stereocenters. The van der Waals surface area contributed by atoms with Gasteiger partial charge in [-0.3, -0.25) is 4.90 Å². The maximum atomic E-state index is 13.2. The van der Waals surface area contributed by atoms with Crippen LogP contribution < -0.4 is 0 Å². The van der Waals surface area contributed by atoms with Crippen molar-refractivity contribution >= 4 is 11.6 Å². The highest BCUT2D eigenvalue weighted by atomic mass is 35.5. The van der Waals surface area contributed by atoms with Crippen LogP contribution in [0.4, 0.5) is 4.39 Å². The molecule has 2 atom stereocenters. The molecule has 7 heteroatoms. The van der Waals surface area contributed by atoms with E-state index in [9.17, 15) is 9.50 Å². The Bertz CT molecular complexity index is 919. The molecule has 1 N–H and O–H groups in total. The molecule has 1 aliphatic rings. The lowest BCUT2D eigenvalue weighted by molar-refractivity contribution is 0.169. The smallest absolute Gasteiger partial charge is 0.244 e. The van der Waals surface area contributed by atoms with Crippen LogP contribution in [0.3, 0.4) is 0 Å². The van der Waals surface area contributed by atoms with Gasteiger partial charge in [0.1, 0.15) is 5.82 Å². The molecule has 3 aromatic rings. The van der Waals surface area contributed by atoms with Crippen molar-refractivity contribution in [3.8, 4) is 0 Å². The van der Waals surface area contributed by atoms with Gasteiger partial charge in [-0.25, -0.2) is 4.39 Å². The minimum absolute atomic E-state index is 0.134. The standard InChI is InChI=1S/C20H19ClFN3O2/c21-17-9-15(22)7-6-14(17)8-19-23-20(27-24-19)18-10-16(26)12-25(18)11-13-4-2-1-3-5-13/h1-7,9,16,18,26H,8,10-12H2. The molecule has 1 fully saturated rings. The molecule has 0 saturated carbocycles. The highest BCUT2D eigenvalue weighted by Crippen LogP contribution is 2.32. The first-order valence-corrected chi connectivity index (χ1v) is 9.19. The lowest BCUT2D eigenvalue weighted by atomic mass is 10.1. The first kappa shape index (κ1) is 18.1. The van der Waals surface area contributed by atoms with Crippen molar-refractivity contribution in [1.29, 1.82) is 0 Å². The zero-order chi connectivity index (χ0) is 18.8. The summed E-state index contributed by atoms with van der Waals surface area (Å²) in [6, 6.07) is 14.2. The number of aliphatic hydroxyl groups excluding tert-OH is 1. The molecular formula is C20H19ClFN3O2. The minimum Gasteiger partial charge on any atom is -0.392 e. The van der Waals surface area contributed by atoms with Gasteiger partial charge >= 0.3 is 0 Å². The van der Waals surface area contributed by atoms with Gasteiger partial charge in [0.2, 0.25) is 5.89 Å². The summed E-state index contributed by atoms with van der Waals surface area (Å²) in [7, 11) is 0. The second-order valence-electron chi connectivity index (χ2n) is 6.78. The molecule has 2 heterocycles. The van der Waals surface area contributed by atoms with E-state index in [1.165, 1.54) is 12.1 Å². The number of halogens is 2. The third-order valence-electron chi connectivity index (χ3n) is 4.74. The Balaban J connectivity index is 1.50. The maximum Gasteiger partial charge on any atom is 0.244 e. The summed E-state index contributed by atoms with van der Waals surface area (Å²) < 4.78 is 18.7. The van der Waals surface area contributed by atoms with Crippen LogP contribution in [0.1, 0.15) is 35.3 Å². The van der Waals surface area contributed by atoms with Crippen LogP contribution in [0.25, 0.3) is 0 Å². The number of aliphatic hydroxyl groups is 1. The predicted molar refractivity (Wildman–Crippen MR) is 98.7 cm³/mol. The summed E-state index contributed by atoms with van der Waals surface area (Å²) in [5.74, 6) is 0.587. The molecule has 1 aliphatic heterocycles. The van der Waals surface area contributed by atoms with E-state index < -0.39 is 6.10 Å². The molecule has 4 rings (SSSR count). The van der Waals surface area contributed by atoms with E-state index in [0.717, 1.165) is 11.1 Å². The van der Waals surface area contributed by atoms with E-state index >= 15 is 0 Å². The minimum atomic E-state index is -0.430. The summed E-state index contributed by atoms with van der Waals surface area (Å²) in [4.78, 5) is 6.64. The van der Waals surface area contributed by atoms with Crippen molar-refractivity contribution < 1.29 is 14.0 Å². The summed E-state index contributed by atoms with van der Waals surface area (Å²) in [5.41, 5.74) is 1.90. The molecule has 0 spiro atoms. The van der Waals surface area contributed by atoms with Crippen LogP contribution in [0.15, 0.2) is 53.1 Å². The maximum absolute atomic E-state index is 13.2. The summed E-state index contributed by atoms with van der Waals surface area (Å²) in [6.07, 6.45) is 0.475. The first-order chi connectivity index (χ1) is 13.1. The molecular weight excluding hydrogens is 369 g/mol. The van der Waals surface area contributed by atoms with Crippen molar-refractivity contribution in [2.24, 2.45) is 0 Å². The van der Waals surface area contributed by atoms with Crippen LogP contribution >= 0.6 is 11.6 Å². The summed E-state index contributed by atoms with van der Waals surface area (Å²) in [5, 5.41) is 14.5. The van der Waals surface area contributed by atoms with Crippen LogP contribution in [0.2, 0.25) is 5.02 Å². The lowest BCUT2D eigenvalue weighted by Crippen LogP contribution is -2.24. The zero-order valence-electron chi connectivity index (χ0n) is 14.6. The van der Waals surface area contributed by atoms with Crippen LogP contribution in [0.5, 0.6) is 0 Å². The second kappa shape index (κ2) is 7.76. The fourth-order valence-electron chi connectivity index (χ4n) is 3.44. The van der Waals surface area contributed by atoms with Gasteiger partial charge < -0.3 is 9.63 Å². The first-order valence-electron chi connectivity index (χ1n) is 8.81. The number of likely N-dealkylation sites (tertiary alicyclic amines) is 1. The zero-order valence-corrected chi connectivity index (χ0v) is 15.3. The topological polar surface area (TPSA) is 62.4 Å². The van der Waals surface area contributed by atoms with Crippen molar-refractivity contribution in [2.45, 2.75) is 31.5 Å². The monoisotopic (exact) mass is 387 g/mol. The van der Waals surface area contributed by atoms with Gasteiger partial charge in [0.25, 0.3) is 0 Å². The molecule has 0 radical (unpaired) electrons. The van der Waals surface area contributed by atoms with Crippen LogP contribution in [-0.2, 0) is 13.0 Å². The number of rotatable bonds is 5. The van der Waals surface area contributed by atoms with Gasteiger partial charge in [-0.15, -0.1) is 0 Å². The molecule has 5 nitrogen and oxygen atoms in total. The van der Waals surface area contributed by atoms with Gasteiger partial charge in [-0.2, -0.15) is 4.98 Å². The van der Waals surface area contributed by atoms with Crippen LogP contribution in [-0.4, -0.2) is 32.8 Å². The average Bonchev–Trinajstić information content (AvgIpc) is 3.25. The van der Waals surface area contributed by atoms with E-state index in [4.69, 9.17) is 16.1 Å². The third kappa shape index (κ3) is 4.18. The normalized spacial score (nSPS) is 20.3. The highest BCUT2D eigenvalue weighted by molar-refractivity contribution is 6.31. The van der Waals surface area contributed by atoms with E-state index in [1.54, 1.807) is 6.07 Å². The molecule has 140 valence electrons. The van der Waals surface area contributed by atoms with E-state index in [0.29, 0.717) is 42.7 Å². The summed E-state index contributed by atoms with van der Waals surface area (Å²) in [6.45, 7) is 1.26. The number of hydrogen-bond acceptors (Lipinski definition) is 5. The number of aromatic nitrogens is 2. The van der Waals surface area contributed by atoms with E-state index in [-0.39, 0.29) is 11.9 Å². The van der Waals surface area contributed by atoms with Gasteiger partial charge in [-0.05, 0) is 29.7 Å². The number of benzene rings is 2. The Kier molecular flexibility index (Phi) is 5.20. The Labute approximate surface area is 161 Å². The van der Waals surface area contributed by atoms with Crippen molar-refractivity contribution in [1.82, 2.24) is 15.0 Å². The van der Waals surface area contributed by atoms with Crippen LogP contribution in [0, 0.1) is 5.82 Å². The van der Waals surface area contributed by atoms with Gasteiger partial charge in [-0.1, -0.05) is 53.2 Å². The molecule has 2 aromatic carbocycles. The van der Waals surface area contributed by atoms with Gasteiger partial charge in [0.15, 0.2) is 5.82 Å². The Morgan fingerprint density at radius 1 is 1.22 bits per heavy atom. The van der Waals surface area contributed by atoms with Gasteiger partial charge in [0.05, 0.1) is 12.1 Å². The SMILES string of the molecule is OC1CC(c2nc(Cc3ccc(F)cc3Cl)no2)N(Cc2ccccc2)C1. The number of nitrogens with zero attached hydrogens (tertiary/aromatic N) is 3. The highest BCUT2D eigenvalue weighted by Gasteiger charge is 2.35. The van der Waals surface area contributed by atoms with E-state index in [1.807, 2.05) is 18.2 Å². The predicted octanol–water partition coefficient (Wildman–Crippen LogP) is 3.76. The molecule has 0 aliphatic carbocycles. The third-order valence-corrected chi connectivity index (χ3v) is 5.09. The molecule has 0 bridgehead atoms. The fourth-order valence-corrected chi connectivity index (χ4v) is 3.67. The second-order valence-corrected chi connectivity index (χ2v) is 7.19. The molecule has 0 amide bonds. The van der Waals surface area contributed by atoms with Gasteiger partial charge in [0, 0.05) is 24.5 Å².